The molecule has 1 aromatic carbocycles. The minimum atomic E-state index is 0.606. The van der Waals surface area contributed by atoms with Gasteiger partial charge in [-0.3, -0.25) is 15.0 Å². The van der Waals surface area contributed by atoms with E-state index in [0.717, 1.165) is 59.6 Å². The summed E-state index contributed by atoms with van der Waals surface area (Å²) < 4.78 is 0. The largest absolute Gasteiger partial charge is 0.353 e. The number of aromatic amines is 1. The molecule has 2 unspecified atom stereocenters. The maximum absolute atomic E-state index is 4.79. The smallest absolute Gasteiger partial charge is 0.152 e. The Balaban J connectivity index is 1.17. The quantitative estimate of drug-likeness (QED) is 0.341. The van der Waals surface area contributed by atoms with E-state index in [1.54, 1.807) is 0 Å². The molecule has 7 heteroatoms. The molecule has 5 heterocycles. The molecular formula is C29H35N7. The lowest BCUT2D eigenvalue weighted by molar-refractivity contribution is -0.00868. The molecule has 2 N–H and O–H groups in total. The Labute approximate surface area is 213 Å². The van der Waals surface area contributed by atoms with Gasteiger partial charge in [0.15, 0.2) is 5.82 Å². The maximum atomic E-state index is 4.79. The fourth-order valence-corrected chi connectivity index (χ4v) is 5.12. The van der Waals surface area contributed by atoms with E-state index in [1.807, 2.05) is 39.1 Å². The van der Waals surface area contributed by atoms with E-state index < -0.39 is 0 Å². The number of benzene rings is 1. The van der Waals surface area contributed by atoms with Crippen molar-refractivity contribution in [1.29, 1.82) is 0 Å². The minimum absolute atomic E-state index is 0.606. The van der Waals surface area contributed by atoms with E-state index in [1.165, 1.54) is 17.5 Å². The number of piperidine rings is 1. The monoisotopic (exact) mass is 481 g/mol. The van der Waals surface area contributed by atoms with Crippen molar-refractivity contribution >= 4 is 17.3 Å². The van der Waals surface area contributed by atoms with E-state index in [2.05, 4.69) is 75.2 Å². The first-order valence-electron chi connectivity index (χ1n) is 12.6. The van der Waals surface area contributed by atoms with Crippen LogP contribution in [0.25, 0.3) is 0 Å². The van der Waals surface area contributed by atoms with Crippen LogP contribution in [0.2, 0.25) is 0 Å². The van der Waals surface area contributed by atoms with Crippen LogP contribution >= 0.6 is 0 Å². The lowest BCUT2D eigenvalue weighted by Gasteiger charge is -2.56. The number of fused-ring (bicyclic) bond motifs is 2. The molecule has 7 nitrogen and oxygen atoms in total. The van der Waals surface area contributed by atoms with Crippen LogP contribution in [-0.4, -0.2) is 51.0 Å². The Morgan fingerprint density at radius 1 is 1.14 bits per heavy atom. The van der Waals surface area contributed by atoms with Gasteiger partial charge in [-0.2, -0.15) is 5.10 Å². The van der Waals surface area contributed by atoms with Gasteiger partial charge in [-0.1, -0.05) is 36.4 Å². The molecule has 0 radical (unpaired) electrons. The highest BCUT2D eigenvalue weighted by Crippen LogP contribution is 2.35. The van der Waals surface area contributed by atoms with Crippen molar-refractivity contribution in [3.63, 3.8) is 0 Å². The summed E-state index contributed by atoms with van der Waals surface area (Å²) in [7, 11) is 0. The first-order chi connectivity index (χ1) is 17.3. The molecular weight excluding hydrogens is 446 g/mol. The van der Waals surface area contributed by atoms with Crippen LogP contribution < -0.4 is 10.2 Å². The zero-order chi connectivity index (χ0) is 25.2. The van der Waals surface area contributed by atoms with Crippen molar-refractivity contribution in [2.45, 2.75) is 52.7 Å². The number of anilines is 2. The minimum Gasteiger partial charge on any atom is -0.353 e. The SMILES string of the molecule is C=C(/C=C(/C)N=C(C)c1ccc(N2CC3CC(C2)N3Cc2ccc(C)cc2)nc1)Nc1cc(C)[nH]n1. The van der Waals surface area contributed by atoms with E-state index in [9.17, 15) is 0 Å². The molecule has 3 aliphatic rings. The topological polar surface area (TPSA) is 72.4 Å². The number of allylic oxidation sites excluding steroid dienone is 2. The molecule has 0 spiro atoms. The lowest BCUT2D eigenvalue weighted by Crippen LogP contribution is -2.68. The molecule has 186 valence electrons. The number of pyridine rings is 1. The molecule has 3 aliphatic heterocycles. The number of piperazine rings is 1. The number of H-pyrrole nitrogens is 1. The van der Waals surface area contributed by atoms with Gasteiger partial charge in [0.2, 0.25) is 0 Å². The number of hydrogen-bond acceptors (Lipinski definition) is 6. The number of nitrogens with zero attached hydrogens (tertiary/aromatic N) is 5. The van der Waals surface area contributed by atoms with Gasteiger partial charge >= 0.3 is 0 Å². The molecule has 2 aromatic heterocycles. The Hall–Kier alpha value is -3.71. The van der Waals surface area contributed by atoms with Crippen molar-refractivity contribution in [2.75, 3.05) is 23.3 Å². The van der Waals surface area contributed by atoms with Crippen molar-refractivity contribution < 1.29 is 0 Å². The fraction of sp³-hybridized carbons (Fsp3) is 0.345. The molecule has 0 saturated carbocycles. The van der Waals surface area contributed by atoms with Crippen LogP contribution in [-0.2, 0) is 6.54 Å². The second kappa shape index (κ2) is 10.1. The molecule has 3 saturated heterocycles. The molecule has 2 bridgehead atoms. The van der Waals surface area contributed by atoms with Crippen LogP contribution in [0.4, 0.5) is 11.6 Å². The zero-order valence-corrected chi connectivity index (χ0v) is 21.6. The third kappa shape index (κ3) is 5.41. The van der Waals surface area contributed by atoms with Crippen molar-refractivity contribution in [3.8, 4) is 0 Å². The van der Waals surface area contributed by atoms with Gasteiger partial charge in [0.25, 0.3) is 0 Å². The van der Waals surface area contributed by atoms with E-state index in [-0.39, 0.29) is 0 Å². The molecule has 3 aromatic rings. The van der Waals surface area contributed by atoms with Gasteiger partial charge in [0, 0.05) is 72.3 Å². The van der Waals surface area contributed by atoms with Gasteiger partial charge < -0.3 is 10.2 Å². The molecule has 36 heavy (non-hydrogen) atoms. The Kier molecular flexibility index (Phi) is 6.74. The summed E-state index contributed by atoms with van der Waals surface area (Å²) >= 11 is 0. The van der Waals surface area contributed by atoms with Gasteiger partial charge in [-0.25, -0.2) is 4.98 Å². The van der Waals surface area contributed by atoms with Crippen LogP contribution in [0, 0.1) is 13.8 Å². The van der Waals surface area contributed by atoms with E-state index >= 15 is 0 Å². The van der Waals surface area contributed by atoms with Crippen LogP contribution in [0.5, 0.6) is 0 Å². The highest BCUT2D eigenvalue weighted by atomic mass is 15.4. The summed E-state index contributed by atoms with van der Waals surface area (Å²) in [4.78, 5) is 14.6. The highest BCUT2D eigenvalue weighted by molar-refractivity contribution is 5.99. The average Bonchev–Trinajstić information content (AvgIpc) is 3.27. The lowest BCUT2D eigenvalue weighted by atomic mass is 9.86. The molecule has 0 aliphatic carbocycles. The summed E-state index contributed by atoms with van der Waals surface area (Å²) in [6.07, 6.45) is 5.14. The predicted octanol–water partition coefficient (Wildman–Crippen LogP) is 5.22. The number of rotatable bonds is 8. The van der Waals surface area contributed by atoms with Crippen LogP contribution in [0.1, 0.15) is 42.7 Å². The third-order valence-corrected chi connectivity index (χ3v) is 7.04. The van der Waals surface area contributed by atoms with Crippen molar-refractivity contribution in [2.24, 2.45) is 4.99 Å². The Morgan fingerprint density at radius 3 is 2.53 bits per heavy atom. The van der Waals surface area contributed by atoms with Gasteiger partial charge in [-0.15, -0.1) is 0 Å². The zero-order valence-electron chi connectivity index (χ0n) is 21.6. The van der Waals surface area contributed by atoms with Crippen LogP contribution in [0.3, 0.4) is 0 Å². The number of aryl methyl sites for hydroxylation is 2. The normalized spacial score (nSPS) is 20.3. The summed E-state index contributed by atoms with van der Waals surface area (Å²) in [5.74, 6) is 1.80. The second-order valence-electron chi connectivity index (χ2n) is 10.1. The molecule has 0 amide bonds. The van der Waals surface area contributed by atoms with Crippen molar-refractivity contribution in [3.05, 3.63) is 95.1 Å². The van der Waals surface area contributed by atoms with Gasteiger partial charge in [-0.05, 0) is 57.9 Å². The average molecular weight is 482 g/mol. The summed E-state index contributed by atoms with van der Waals surface area (Å²) in [6, 6.07) is 16.3. The maximum Gasteiger partial charge on any atom is 0.152 e. The Morgan fingerprint density at radius 2 is 1.89 bits per heavy atom. The third-order valence-electron chi connectivity index (χ3n) is 7.04. The van der Waals surface area contributed by atoms with Crippen LogP contribution in [0.15, 0.2) is 77.7 Å². The number of aliphatic imine (C=N–C) groups is 1. The summed E-state index contributed by atoms with van der Waals surface area (Å²) in [6.45, 7) is 15.3. The van der Waals surface area contributed by atoms with E-state index in [4.69, 9.17) is 9.98 Å². The first kappa shape index (κ1) is 24.0. The number of nitrogens with one attached hydrogen (secondary N) is 2. The predicted molar refractivity (Wildman–Crippen MR) is 147 cm³/mol. The fourth-order valence-electron chi connectivity index (χ4n) is 5.12. The molecule has 2 atom stereocenters. The summed E-state index contributed by atoms with van der Waals surface area (Å²) in [5, 5.41) is 10.3. The van der Waals surface area contributed by atoms with Gasteiger partial charge in [0.05, 0.1) is 0 Å². The van der Waals surface area contributed by atoms with E-state index in [0.29, 0.717) is 12.1 Å². The Bertz CT molecular complexity index is 1270. The first-order valence-corrected chi connectivity index (χ1v) is 12.6. The highest BCUT2D eigenvalue weighted by Gasteiger charge is 2.44. The number of hydrogen-bond donors (Lipinski definition) is 2. The summed E-state index contributed by atoms with van der Waals surface area (Å²) in [5.41, 5.74) is 7.28. The second-order valence-corrected chi connectivity index (χ2v) is 10.1. The molecule has 6 rings (SSSR count). The number of aromatic nitrogens is 3. The standard InChI is InChI=1S/C29H35N7/c1-19-6-8-24(9-7-19)16-36-26-14-27(36)18-35(17-26)29-11-10-25(15-30-29)23(5)31-20(2)12-21(3)32-28-13-22(4)33-34-28/h6-13,15,26-27H,3,14,16-18H2,1-2,4-5H3,(H2,32,33,34)/b20-12-,31-23?. The molecule has 3 fully saturated rings. The van der Waals surface area contributed by atoms with Gasteiger partial charge in [0.1, 0.15) is 5.82 Å². The van der Waals surface area contributed by atoms with Crippen molar-refractivity contribution in [1.82, 2.24) is 20.1 Å².